The number of methoxy groups -OCH3 is 1. The van der Waals surface area contributed by atoms with Gasteiger partial charge in [0.2, 0.25) is 0 Å². The summed E-state index contributed by atoms with van der Waals surface area (Å²) in [6.07, 6.45) is 1.84. The zero-order valence-corrected chi connectivity index (χ0v) is 25.5. The summed E-state index contributed by atoms with van der Waals surface area (Å²) in [4.78, 5) is 44.1. The maximum Gasteiger partial charge on any atom is 0.338 e. The minimum absolute atomic E-state index is 0.0159. The summed E-state index contributed by atoms with van der Waals surface area (Å²) in [5.74, 6) is -0.372. The molecule has 0 aliphatic carbocycles. The Kier molecular flexibility index (Phi) is 8.68. The molecule has 1 atom stereocenters. The van der Waals surface area contributed by atoms with Gasteiger partial charge in [-0.3, -0.25) is 14.2 Å². The molecule has 8 nitrogen and oxygen atoms in total. The molecule has 1 aliphatic rings. The van der Waals surface area contributed by atoms with Crippen LogP contribution >= 0.6 is 11.3 Å². The van der Waals surface area contributed by atoms with Gasteiger partial charge in [-0.1, -0.05) is 76.3 Å². The van der Waals surface area contributed by atoms with Gasteiger partial charge in [-0.05, 0) is 53.2 Å². The molecule has 4 rings (SSSR count). The highest BCUT2D eigenvalue weighted by Gasteiger charge is 2.34. The molecule has 0 fully saturated rings. The molecule has 0 amide bonds. The van der Waals surface area contributed by atoms with Crippen LogP contribution in [0.5, 0.6) is 11.5 Å². The molecule has 0 spiro atoms. The van der Waals surface area contributed by atoms with Crippen LogP contribution in [0, 0.1) is 5.92 Å². The van der Waals surface area contributed by atoms with Crippen LogP contribution in [0.2, 0.25) is 0 Å². The van der Waals surface area contributed by atoms with Crippen LogP contribution in [0.25, 0.3) is 6.08 Å². The van der Waals surface area contributed by atoms with E-state index in [1.54, 1.807) is 25.1 Å². The first-order valence-electron chi connectivity index (χ1n) is 13.5. The Morgan fingerprint density at radius 3 is 2.37 bits per heavy atom. The summed E-state index contributed by atoms with van der Waals surface area (Å²) < 4.78 is 18.4. The molecule has 2 heterocycles. The van der Waals surface area contributed by atoms with Gasteiger partial charge in [0.25, 0.3) is 5.56 Å². The third-order valence-electron chi connectivity index (χ3n) is 6.62. The van der Waals surface area contributed by atoms with E-state index < -0.39 is 18.0 Å². The quantitative estimate of drug-likeness (QED) is 0.300. The second-order valence-electron chi connectivity index (χ2n) is 11.5. The van der Waals surface area contributed by atoms with Crippen molar-refractivity contribution in [1.29, 1.82) is 0 Å². The van der Waals surface area contributed by atoms with E-state index in [1.807, 2.05) is 32.1 Å². The number of thiazole rings is 1. The van der Waals surface area contributed by atoms with Crippen LogP contribution < -0.4 is 24.4 Å². The van der Waals surface area contributed by atoms with Crippen LogP contribution in [-0.4, -0.2) is 30.2 Å². The van der Waals surface area contributed by atoms with Gasteiger partial charge >= 0.3 is 11.9 Å². The Labute approximate surface area is 243 Å². The highest BCUT2D eigenvalue weighted by Crippen LogP contribution is 2.36. The van der Waals surface area contributed by atoms with E-state index in [0.717, 1.165) is 5.56 Å². The van der Waals surface area contributed by atoms with Crippen LogP contribution in [0.4, 0.5) is 0 Å². The Morgan fingerprint density at radius 1 is 1.10 bits per heavy atom. The van der Waals surface area contributed by atoms with E-state index in [2.05, 4.69) is 37.9 Å². The molecule has 1 aliphatic heterocycles. The van der Waals surface area contributed by atoms with Crippen LogP contribution in [0.1, 0.15) is 71.2 Å². The van der Waals surface area contributed by atoms with Crippen molar-refractivity contribution < 1.29 is 23.8 Å². The maximum atomic E-state index is 13.9. The fourth-order valence-electron chi connectivity index (χ4n) is 4.54. The van der Waals surface area contributed by atoms with E-state index in [-0.39, 0.29) is 34.8 Å². The Hall–Kier alpha value is -3.98. The fourth-order valence-corrected chi connectivity index (χ4v) is 5.59. The van der Waals surface area contributed by atoms with E-state index in [9.17, 15) is 14.4 Å². The SMILES string of the molecule is COc1cc([C@H]2C(C(=O)OCC(C)C)=C(C)N=c3s/c(=C\c4ccc(C(C)(C)C)cc4)c(=O)n32)ccc1OC(C)=O. The number of carbonyl (C=O) groups excluding carboxylic acids is 2. The smallest absolute Gasteiger partial charge is 0.338 e. The Balaban J connectivity index is 1.89. The molecule has 0 unspecified atom stereocenters. The van der Waals surface area contributed by atoms with Crippen molar-refractivity contribution in [2.24, 2.45) is 10.9 Å². The zero-order chi connectivity index (χ0) is 30.1. The third-order valence-corrected chi connectivity index (χ3v) is 7.60. The minimum Gasteiger partial charge on any atom is -0.493 e. The number of esters is 2. The molecular formula is C32H36N2O6S. The molecule has 41 heavy (non-hydrogen) atoms. The summed E-state index contributed by atoms with van der Waals surface area (Å²) in [5.41, 5.74) is 3.15. The first-order valence-corrected chi connectivity index (χ1v) is 14.3. The lowest BCUT2D eigenvalue weighted by molar-refractivity contribution is -0.140. The van der Waals surface area contributed by atoms with Crippen LogP contribution in [0.15, 0.2) is 63.5 Å². The zero-order valence-electron chi connectivity index (χ0n) is 24.7. The van der Waals surface area contributed by atoms with Gasteiger partial charge in [0.1, 0.15) is 0 Å². The number of nitrogens with zero attached hydrogens (tertiary/aromatic N) is 2. The predicted octanol–water partition coefficient (Wildman–Crippen LogP) is 4.67. The van der Waals surface area contributed by atoms with Gasteiger partial charge in [-0.15, -0.1) is 0 Å². The molecule has 2 aromatic carbocycles. The third kappa shape index (κ3) is 6.51. The van der Waals surface area contributed by atoms with Crippen molar-refractivity contribution >= 4 is 29.4 Å². The van der Waals surface area contributed by atoms with Crippen molar-refractivity contribution in [1.82, 2.24) is 4.57 Å². The van der Waals surface area contributed by atoms with E-state index in [4.69, 9.17) is 14.2 Å². The molecule has 3 aromatic rings. The van der Waals surface area contributed by atoms with Gasteiger partial charge in [0.05, 0.1) is 35.6 Å². The number of hydrogen-bond acceptors (Lipinski definition) is 8. The number of fused-ring (bicyclic) bond motifs is 1. The largest absolute Gasteiger partial charge is 0.493 e. The van der Waals surface area contributed by atoms with E-state index in [0.29, 0.717) is 26.3 Å². The van der Waals surface area contributed by atoms with Gasteiger partial charge < -0.3 is 14.2 Å². The summed E-state index contributed by atoms with van der Waals surface area (Å²) in [5, 5.41) is 0. The first kappa shape index (κ1) is 30.0. The maximum absolute atomic E-state index is 13.9. The van der Waals surface area contributed by atoms with Gasteiger partial charge in [-0.25, -0.2) is 9.79 Å². The van der Waals surface area contributed by atoms with Crippen molar-refractivity contribution in [3.8, 4) is 11.5 Å². The summed E-state index contributed by atoms with van der Waals surface area (Å²) in [7, 11) is 1.46. The molecular weight excluding hydrogens is 540 g/mol. The molecule has 0 radical (unpaired) electrons. The van der Waals surface area contributed by atoms with Gasteiger partial charge in [0.15, 0.2) is 16.3 Å². The Morgan fingerprint density at radius 2 is 1.78 bits per heavy atom. The summed E-state index contributed by atoms with van der Waals surface area (Å²) in [6.45, 7) is 13.6. The minimum atomic E-state index is -0.823. The van der Waals surface area contributed by atoms with Crippen molar-refractivity contribution in [3.05, 3.63) is 90.1 Å². The number of benzene rings is 2. The monoisotopic (exact) mass is 576 g/mol. The van der Waals surface area contributed by atoms with E-state index in [1.165, 1.54) is 35.5 Å². The topological polar surface area (TPSA) is 96.2 Å². The lowest BCUT2D eigenvalue weighted by atomic mass is 9.87. The standard InChI is InChI=1S/C32H36N2O6S/c1-18(2)17-39-30(37)27-19(3)33-31-34(28(27)22-11-14-24(40-20(4)35)25(16-22)38-8)29(36)26(41-31)15-21-9-12-23(13-10-21)32(5,6)7/h9-16,18,28H,17H2,1-8H3/b26-15-/t28-/m0/s1. The molecule has 216 valence electrons. The van der Waals surface area contributed by atoms with Gasteiger partial charge in [-0.2, -0.15) is 0 Å². The molecule has 0 saturated carbocycles. The highest BCUT2D eigenvalue weighted by atomic mass is 32.1. The number of hydrogen-bond donors (Lipinski definition) is 0. The van der Waals surface area contributed by atoms with Crippen molar-refractivity contribution in [2.45, 2.75) is 59.9 Å². The highest BCUT2D eigenvalue weighted by molar-refractivity contribution is 7.07. The molecule has 0 N–H and O–H groups in total. The second-order valence-corrected chi connectivity index (χ2v) is 12.5. The van der Waals surface area contributed by atoms with Crippen molar-refractivity contribution in [2.75, 3.05) is 13.7 Å². The number of aromatic nitrogens is 1. The molecule has 9 heteroatoms. The first-order chi connectivity index (χ1) is 19.3. The Bertz CT molecular complexity index is 1690. The summed E-state index contributed by atoms with van der Waals surface area (Å²) in [6, 6.07) is 12.3. The van der Waals surface area contributed by atoms with Crippen molar-refractivity contribution in [3.63, 3.8) is 0 Å². The average Bonchev–Trinajstić information content (AvgIpc) is 3.20. The van der Waals surface area contributed by atoms with E-state index >= 15 is 0 Å². The number of rotatable bonds is 7. The number of allylic oxidation sites excluding steroid dienone is 1. The van der Waals surface area contributed by atoms with Crippen LogP contribution in [-0.2, 0) is 19.7 Å². The normalized spacial score (nSPS) is 15.4. The molecule has 0 bridgehead atoms. The average molecular weight is 577 g/mol. The molecule has 0 saturated heterocycles. The lowest BCUT2D eigenvalue weighted by Crippen LogP contribution is -2.40. The molecule has 1 aromatic heterocycles. The fraction of sp³-hybridized carbons (Fsp3) is 0.375. The van der Waals surface area contributed by atoms with Crippen LogP contribution in [0.3, 0.4) is 0 Å². The van der Waals surface area contributed by atoms with Gasteiger partial charge in [0, 0.05) is 6.92 Å². The number of ether oxygens (including phenoxy) is 3. The second kappa shape index (κ2) is 11.9. The predicted molar refractivity (Wildman–Crippen MR) is 159 cm³/mol. The lowest BCUT2D eigenvalue weighted by Gasteiger charge is -2.25. The number of carbonyl (C=O) groups is 2. The summed E-state index contributed by atoms with van der Waals surface area (Å²) >= 11 is 1.26.